The molecule has 0 saturated carbocycles. The summed E-state index contributed by atoms with van der Waals surface area (Å²) in [6.45, 7) is 17.2. The van der Waals surface area contributed by atoms with Gasteiger partial charge in [0.05, 0.1) is 0 Å². The minimum absolute atomic E-state index is 0.250. The maximum Gasteiger partial charge on any atom is 0.408 e. The Kier molecular flexibility index (Phi) is 11.6. The number of carbonyl (C=O) groups excluding carboxylic acids is 3. The molecule has 0 heterocycles. The number of hydrogen-bond acceptors (Lipinski definition) is 4. The predicted octanol–water partition coefficient (Wildman–Crippen LogP) is 6.72. The van der Waals surface area contributed by atoms with Crippen molar-refractivity contribution in [1.82, 2.24) is 10.2 Å². The van der Waals surface area contributed by atoms with Gasteiger partial charge in [0.25, 0.3) is 5.91 Å². The predicted molar refractivity (Wildman–Crippen MR) is 158 cm³/mol. The van der Waals surface area contributed by atoms with Crippen LogP contribution in [0.1, 0.15) is 89.6 Å². The molecule has 0 aliphatic heterocycles. The lowest BCUT2D eigenvalue weighted by molar-refractivity contribution is -0.140. The van der Waals surface area contributed by atoms with E-state index in [0.717, 1.165) is 47.2 Å². The number of nitrogens with zero attached hydrogens (tertiary/aromatic N) is 1. The van der Waals surface area contributed by atoms with E-state index in [1.54, 1.807) is 25.7 Å². The van der Waals surface area contributed by atoms with Gasteiger partial charge in [-0.3, -0.25) is 9.59 Å². The molecule has 0 fully saturated rings. The second kappa shape index (κ2) is 14.2. The average Bonchev–Trinajstić information content (AvgIpc) is 2.85. The first-order valence-electron chi connectivity index (χ1n) is 14.0. The van der Waals surface area contributed by atoms with Crippen LogP contribution in [0.4, 0.5) is 10.5 Å². The molecule has 2 rings (SSSR count). The molecule has 7 nitrogen and oxygen atoms in total. The van der Waals surface area contributed by atoms with Crippen LogP contribution >= 0.6 is 0 Å². The Hall–Kier alpha value is -3.35. The zero-order valence-electron chi connectivity index (χ0n) is 25.2. The van der Waals surface area contributed by atoms with Crippen molar-refractivity contribution in [1.29, 1.82) is 0 Å². The van der Waals surface area contributed by atoms with Gasteiger partial charge < -0.3 is 20.3 Å². The van der Waals surface area contributed by atoms with Crippen LogP contribution in [-0.2, 0) is 20.7 Å². The summed E-state index contributed by atoms with van der Waals surface area (Å²) in [6, 6.07) is 12.6. The minimum atomic E-state index is -0.884. The molecule has 2 unspecified atom stereocenters. The Morgan fingerprint density at radius 3 is 2.03 bits per heavy atom. The molecule has 7 heteroatoms. The van der Waals surface area contributed by atoms with Gasteiger partial charge >= 0.3 is 6.09 Å². The van der Waals surface area contributed by atoms with Gasteiger partial charge in [-0.05, 0) is 89.0 Å². The molecule has 0 spiro atoms. The Bertz CT molecular complexity index is 1100. The van der Waals surface area contributed by atoms with E-state index in [4.69, 9.17) is 4.74 Å². The van der Waals surface area contributed by atoms with E-state index in [-0.39, 0.29) is 24.4 Å². The van der Waals surface area contributed by atoms with Crippen molar-refractivity contribution in [3.63, 3.8) is 0 Å². The van der Waals surface area contributed by atoms with E-state index in [0.29, 0.717) is 5.92 Å². The molecular weight excluding hydrogens is 490 g/mol. The molecule has 0 aliphatic carbocycles. The van der Waals surface area contributed by atoms with Crippen molar-refractivity contribution < 1.29 is 19.1 Å². The maximum atomic E-state index is 14.1. The monoisotopic (exact) mass is 537 g/mol. The van der Waals surface area contributed by atoms with Gasteiger partial charge in [0, 0.05) is 11.7 Å². The maximum absolute atomic E-state index is 14.1. The van der Waals surface area contributed by atoms with Gasteiger partial charge in [0.1, 0.15) is 18.2 Å². The summed E-state index contributed by atoms with van der Waals surface area (Å²) in [5.41, 5.74) is 3.81. The summed E-state index contributed by atoms with van der Waals surface area (Å²) in [5, 5.41) is 5.70. The molecule has 2 aromatic rings. The largest absolute Gasteiger partial charge is 0.444 e. The molecule has 0 bridgehead atoms. The molecule has 39 heavy (non-hydrogen) atoms. The summed E-state index contributed by atoms with van der Waals surface area (Å²) in [5.74, 6) is -0.202. The van der Waals surface area contributed by atoms with Gasteiger partial charge in [-0.25, -0.2) is 4.79 Å². The molecule has 3 amide bonds. The molecule has 2 aromatic carbocycles. The molecule has 0 aliphatic rings. The lowest BCUT2D eigenvalue weighted by atomic mass is 9.97. The first kappa shape index (κ1) is 31.9. The number of aryl methyl sites for hydroxylation is 3. The molecule has 2 atom stereocenters. The summed E-state index contributed by atoms with van der Waals surface area (Å²) < 4.78 is 5.33. The number of alkyl carbamates (subject to hydrolysis) is 1. The van der Waals surface area contributed by atoms with Gasteiger partial charge in [0.15, 0.2) is 0 Å². The van der Waals surface area contributed by atoms with E-state index in [1.807, 2.05) is 63.2 Å². The smallest absolute Gasteiger partial charge is 0.408 e. The van der Waals surface area contributed by atoms with E-state index >= 15 is 0 Å². The molecular formula is C32H47N3O4. The highest BCUT2D eigenvalue weighted by molar-refractivity contribution is 5.99. The number of anilines is 1. The SMILES string of the molecule is CCc1ccc(C(C(=O)Nc2c(C)cccc2C)N(C(=O)CNC(=O)OC(C)(C)C)C(C)CCC(C)C)cc1. The number of hydrogen-bond donors (Lipinski definition) is 2. The number of amides is 3. The van der Waals surface area contributed by atoms with Crippen molar-refractivity contribution >= 4 is 23.6 Å². The number of benzene rings is 2. The number of carbonyl (C=O) groups is 3. The second-order valence-corrected chi connectivity index (χ2v) is 11.7. The highest BCUT2D eigenvalue weighted by Gasteiger charge is 2.35. The minimum Gasteiger partial charge on any atom is -0.444 e. The normalized spacial score (nSPS) is 13.0. The zero-order chi connectivity index (χ0) is 29.3. The summed E-state index contributed by atoms with van der Waals surface area (Å²) in [4.78, 5) is 41.8. The number of para-hydroxylation sites is 1. The van der Waals surface area contributed by atoms with Crippen molar-refractivity contribution in [2.24, 2.45) is 5.92 Å². The standard InChI is InChI=1S/C32H47N3O4/c1-10-25-16-18-26(19-17-25)29(30(37)34-28-22(4)12-11-13-23(28)5)35(24(6)15-14-21(2)3)27(36)20-33-31(38)39-32(7,8)9/h11-13,16-19,21,24,29H,10,14-15,20H2,1-9H3,(H,33,38)(H,34,37). The Balaban J connectivity index is 2.51. The summed E-state index contributed by atoms with van der Waals surface area (Å²) in [7, 11) is 0. The van der Waals surface area contributed by atoms with E-state index < -0.39 is 17.7 Å². The lowest BCUT2D eigenvalue weighted by Crippen LogP contribution is -2.50. The Morgan fingerprint density at radius 1 is 0.923 bits per heavy atom. The van der Waals surface area contributed by atoms with Gasteiger partial charge in [-0.15, -0.1) is 0 Å². The fraction of sp³-hybridized carbons (Fsp3) is 0.531. The fourth-order valence-corrected chi connectivity index (χ4v) is 4.49. The third-order valence-electron chi connectivity index (χ3n) is 6.67. The Labute approximate surface area is 234 Å². The Morgan fingerprint density at radius 2 is 1.51 bits per heavy atom. The topological polar surface area (TPSA) is 87.7 Å². The second-order valence-electron chi connectivity index (χ2n) is 11.7. The summed E-state index contributed by atoms with van der Waals surface area (Å²) in [6.07, 6.45) is 1.81. The van der Waals surface area contributed by atoms with Crippen molar-refractivity contribution in [3.8, 4) is 0 Å². The zero-order valence-corrected chi connectivity index (χ0v) is 25.2. The van der Waals surface area contributed by atoms with Crippen LogP contribution in [0.15, 0.2) is 42.5 Å². The first-order valence-corrected chi connectivity index (χ1v) is 14.0. The van der Waals surface area contributed by atoms with Crippen LogP contribution in [-0.4, -0.2) is 41.0 Å². The molecule has 0 radical (unpaired) electrons. The van der Waals surface area contributed by atoms with Crippen molar-refractivity contribution in [3.05, 3.63) is 64.7 Å². The van der Waals surface area contributed by atoms with Crippen LogP contribution in [0, 0.1) is 19.8 Å². The molecule has 214 valence electrons. The number of ether oxygens (including phenoxy) is 1. The van der Waals surface area contributed by atoms with Crippen molar-refractivity contribution in [2.45, 2.75) is 99.3 Å². The lowest BCUT2D eigenvalue weighted by Gasteiger charge is -2.37. The van der Waals surface area contributed by atoms with E-state index in [9.17, 15) is 14.4 Å². The molecule has 2 N–H and O–H groups in total. The molecule has 0 saturated heterocycles. The fourth-order valence-electron chi connectivity index (χ4n) is 4.49. The quantitative estimate of drug-likeness (QED) is 0.333. The van der Waals surface area contributed by atoms with Crippen LogP contribution in [0.3, 0.4) is 0 Å². The van der Waals surface area contributed by atoms with Crippen molar-refractivity contribution in [2.75, 3.05) is 11.9 Å². The third-order valence-corrected chi connectivity index (χ3v) is 6.67. The van der Waals surface area contributed by atoms with Gasteiger partial charge in [-0.2, -0.15) is 0 Å². The average molecular weight is 538 g/mol. The molecule has 0 aromatic heterocycles. The number of rotatable bonds is 11. The third kappa shape index (κ3) is 9.72. The van der Waals surface area contributed by atoms with Gasteiger partial charge in [-0.1, -0.05) is 63.2 Å². The van der Waals surface area contributed by atoms with Gasteiger partial charge in [0.2, 0.25) is 5.91 Å². The number of nitrogens with one attached hydrogen (secondary N) is 2. The highest BCUT2D eigenvalue weighted by atomic mass is 16.6. The highest BCUT2D eigenvalue weighted by Crippen LogP contribution is 2.29. The van der Waals surface area contributed by atoms with Crippen LogP contribution in [0.2, 0.25) is 0 Å². The van der Waals surface area contributed by atoms with Crippen LogP contribution < -0.4 is 10.6 Å². The first-order chi connectivity index (χ1) is 18.2. The summed E-state index contributed by atoms with van der Waals surface area (Å²) >= 11 is 0. The van der Waals surface area contributed by atoms with E-state index in [2.05, 4.69) is 31.4 Å². The van der Waals surface area contributed by atoms with E-state index in [1.165, 1.54) is 0 Å². The van der Waals surface area contributed by atoms with Crippen LogP contribution in [0.5, 0.6) is 0 Å². The van der Waals surface area contributed by atoms with Crippen LogP contribution in [0.25, 0.3) is 0 Å².